The Morgan fingerprint density at radius 2 is 1.97 bits per heavy atom. The SMILES string of the molecule is Cc1cc(C)c2[nH]c(C)c(CCNC(=O)C3CCC(=O)N3Cc3c[nH]c4ccccc34)c2c1. The molecule has 1 fully saturated rings. The molecule has 6 nitrogen and oxygen atoms in total. The number of aryl methyl sites for hydroxylation is 3. The summed E-state index contributed by atoms with van der Waals surface area (Å²) in [5.74, 6) is -0.0237. The largest absolute Gasteiger partial charge is 0.361 e. The number of hydrogen-bond donors (Lipinski definition) is 3. The van der Waals surface area contributed by atoms with E-state index >= 15 is 0 Å². The minimum atomic E-state index is -0.417. The van der Waals surface area contributed by atoms with E-state index in [4.69, 9.17) is 0 Å². The van der Waals surface area contributed by atoms with Crippen LogP contribution < -0.4 is 5.32 Å². The van der Waals surface area contributed by atoms with Crippen LogP contribution in [-0.4, -0.2) is 39.3 Å². The molecule has 2 aromatic heterocycles. The molecule has 1 aliphatic heterocycles. The van der Waals surface area contributed by atoms with Gasteiger partial charge in [-0.05, 0) is 62.4 Å². The van der Waals surface area contributed by atoms with Crippen molar-refractivity contribution in [1.29, 1.82) is 0 Å². The van der Waals surface area contributed by atoms with Gasteiger partial charge in [0.15, 0.2) is 0 Å². The second kappa shape index (κ2) is 8.43. The summed E-state index contributed by atoms with van der Waals surface area (Å²) in [6.45, 7) is 7.31. The Hall–Kier alpha value is -3.54. The molecule has 0 spiro atoms. The lowest BCUT2D eigenvalue weighted by atomic mass is 10.0. The highest BCUT2D eigenvalue weighted by Crippen LogP contribution is 2.27. The van der Waals surface area contributed by atoms with Crippen LogP contribution >= 0.6 is 0 Å². The highest BCUT2D eigenvalue weighted by atomic mass is 16.2. The van der Waals surface area contributed by atoms with Crippen molar-refractivity contribution in [3.05, 3.63) is 70.5 Å². The van der Waals surface area contributed by atoms with Gasteiger partial charge in [0.05, 0.1) is 0 Å². The molecule has 1 aliphatic rings. The molecule has 33 heavy (non-hydrogen) atoms. The molecular weight excluding hydrogens is 412 g/mol. The second-order valence-electron chi connectivity index (χ2n) is 9.21. The summed E-state index contributed by atoms with van der Waals surface area (Å²) in [7, 11) is 0. The second-order valence-corrected chi connectivity index (χ2v) is 9.21. The van der Waals surface area contributed by atoms with Crippen molar-refractivity contribution in [3.8, 4) is 0 Å². The first-order valence-electron chi connectivity index (χ1n) is 11.6. The number of H-pyrrole nitrogens is 2. The number of aromatic nitrogens is 2. The average Bonchev–Trinajstić information content (AvgIpc) is 3.46. The van der Waals surface area contributed by atoms with Crippen LogP contribution in [0.5, 0.6) is 0 Å². The molecule has 2 aromatic carbocycles. The number of carbonyl (C=O) groups is 2. The molecule has 0 saturated carbocycles. The first kappa shape index (κ1) is 21.3. The summed E-state index contributed by atoms with van der Waals surface area (Å²) >= 11 is 0. The van der Waals surface area contributed by atoms with E-state index in [9.17, 15) is 9.59 Å². The molecule has 6 heteroatoms. The lowest BCUT2D eigenvalue weighted by Crippen LogP contribution is -2.44. The number of carbonyl (C=O) groups excluding carboxylic acids is 2. The van der Waals surface area contributed by atoms with E-state index in [-0.39, 0.29) is 11.8 Å². The van der Waals surface area contributed by atoms with Gasteiger partial charge in [0.2, 0.25) is 11.8 Å². The fourth-order valence-electron chi connectivity index (χ4n) is 5.24. The molecule has 3 N–H and O–H groups in total. The average molecular weight is 443 g/mol. The van der Waals surface area contributed by atoms with Crippen LogP contribution in [0.4, 0.5) is 0 Å². The fourth-order valence-corrected chi connectivity index (χ4v) is 5.24. The van der Waals surface area contributed by atoms with E-state index in [0.29, 0.717) is 25.9 Å². The Balaban J connectivity index is 1.27. The van der Waals surface area contributed by atoms with Gasteiger partial charge >= 0.3 is 0 Å². The Morgan fingerprint density at radius 3 is 2.82 bits per heavy atom. The van der Waals surface area contributed by atoms with Crippen LogP contribution in [0, 0.1) is 20.8 Å². The maximum absolute atomic E-state index is 13.1. The highest BCUT2D eigenvalue weighted by molar-refractivity contribution is 5.92. The first-order valence-corrected chi connectivity index (χ1v) is 11.6. The Labute approximate surface area is 193 Å². The zero-order valence-corrected chi connectivity index (χ0v) is 19.4. The van der Waals surface area contributed by atoms with E-state index in [1.54, 1.807) is 4.90 Å². The topological polar surface area (TPSA) is 81.0 Å². The molecule has 5 rings (SSSR count). The molecule has 170 valence electrons. The first-order chi connectivity index (χ1) is 15.9. The summed E-state index contributed by atoms with van der Waals surface area (Å²) in [5, 5.41) is 5.42. The molecule has 1 unspecified atom stereocenters. The van der Waals surface area contributed by atoms with Crippen molar-refractivity contribution >= 4 is 33.6 Å². The van der Waals surface area contributed by atoms with Gasteiger partial charge in [-0.1, -0.05) is 29.8 Å². The molecule has 1 atom stereocenters. The van der Waals surface area contributed by atoms with Crippen LogP contribution in [0.2, 0.25) is 0 Å². The number of hydrogen-bond acceptors (Lipinski definition) is 2. The zero-order valence-electron chi connectivity index (χ0n) is 19.4. The number of nitrogens with one attached hydrogen (secondary N) is 3. The lowest BCUT2D eigenvalue weighted by Gasteiger charge is -2.24. The highest BCUT2D eigenvalue weighted by Gasteiger charge is 2.36. The van der Waals surface area contributed by atoms with Crippen molar-refractivity contribution in [1.82, 2.24) is 20.2 Å². The van der Waals surface area contributed by atoms with Crippen LogP contribution in [0.1, 0.15) is 40.8 Å². The van der Waals surface area contributed by atoms with Gasteiger partial charge in [-0.25, -0.2) is 0 Å². The van der Waals surface area contributed by atoms with Crippen molar-refractivity contribution in [3.63, 3.8) is 0 Å². The maximum atomic E-state index is 13.1. The van der Waals surface area contributed by atoms with E-state index in [1.807, 2.05) is 30.5 Å². The number of rotatable bonds is 6. The molecular formula is C27H30N4O2. The summed E-state index contributed by atoms with van der Waals surface area (Å²) in [4.78, 5) is 34.1. The molecule has 0 radical (unpaired) electrons. The van der Waals surface area contributed by atoms with Crippen LogP contribution in [-0.2, 0) is 22.6 Å². The number of fused-ring (bicyclic) bond motifs is 2. The quantitative estimate of drug-likeness (QED) is 0.413. The molecule has 3 heterocycles. The summed E-state index contributed by atoms with van der Waals surface area (Å²) in [6.07, 6.45) is 3.68. The maximum Gasteiger partial charge on any atom is 0.242 e. The molecule has 2 amide bonds. The molecule has 0 aliphatic carbocycles. The monoisotopic (exact) mass is 442 g/mol. The van der Waals surface area contributed by atoms with Crippen LogP contribution in [0.15, 0.2) is 42.6 Å². The van der Waals surface area contributed by atoms with Crippen molar-refractivity contribution in [2.24, 2.45) is 0 Å². The van der Waals surface area contributed by atoms with E-state index in [0.717, 1.165) is 28.6 Å². The minimum absolute atomic E-state index is 0.0406. The van der Waals surface area contributed by atoms with Crippen molar-refractivity contribution < 1.29 is 9.59 Å². The smallest absolute Gasteiger partial charge is 0.242 e. The van der Waals surface area contributed by atoms with Gasteiger partial charge < -0.3 is 20.2 Å². The number of benzene rings is 2. The van der Waals surface area contributed by atoms with Gasteiger partial charge in [0.1, 0.15) is 6.04 Å². The van der Waals surface area contributed by atoms with Gasteiger partial charge in [-0.3, -0.25) is 9.59 Å². The Bertz CT molecular complexity index is 1360. The van der Waals surface area contributed by atoms with E-state index in [1.165, 1.54) is 27.6 Å². The number of likely N-dealkylation sites (tertiary alicyclic amines) is 1. The van der Waals surface area contributed by atoms with Crippen LogP contribution in [0.3, 0.4) is 0 Å². The number of nitrogens with zero attached hydrogens (tertiary/aromatic N) is 1. The normalized spacial score (nSPS) is 16.3. The molecule has 0 bridgehead atoms. The van der Waals surface area contributed by atoms with Crippen LogP contribution in [0.25, 0.3) is 21.8 Å². The third-order valence-corrected chi connectivity index (χ3v) is 6.89. The number of aromatic amines is 2. The van der Waals surface area contributed by atoms with Gasteiger partial charge in [0, 0.05) is 53.2 Å². The van der Waals surface area contributed by atoms with Gasteiger partial charge in [0.25, 0.3) is 0 Å². The third-order valence-electron chi connectivity index (χ3n) is 6.89. The zero-order chi connectivity index (χ0) is 23.1. The van der Waals surface area contributed by atoms with Gasteiger partial charge in [-0.2, -0.15) is 0 Å². The number of para-hydroxylation sites is 1. The standard InChI is InChI=1S/C27H30N4O2/c1-16-12-17(2)26-22(13-16)20(18(3)30-26)10-11-28-27(33)24-8-9-25(32)31(24)15-19-14-29-23-7-5-4-6-21(19)23/h4-7,12-14,24,29-30H,8-11,15H2,1-3H3,(H,28,33). The predicted molar refractivity (Wildman–Crippen MR) is 131 cm³/mol. The summed E-state index contributed by atoms with van der Waals surface area (Å²) in [5.41, 5.74) is 8.12. The Kier molecular flexibility index (Phi) is 5.44. The van der Waals surface area contributed by atoms with E-state index in [2.05, 4.69) is 48.2 Å². The fraction of sp³-hybridized carbons (Fsp3) is 0.333. The van der Waals surface area contributed by atoms with Gasteiger partial charge in [-0.15, -0.1) is 0 Å². The van der Waals surface area contributed by atoms with Crippen molar-refractivity contribution in [2.75, 3.05) is 6.54 Å². The summed E-state index contributed by atoms with van der Waals surface area (Å²) in [6, 6.07) is 12.0. The Morgan fingerprint density at radius 1 is 1.15 bits per heavy atom. The van der Waals surface area contributed by atoms with Crippen molar-refractivity contribution in [2.45, 2.75) is 52.6 Å². The number of amides is 2. The third kappa shape index (κ3) is 3.90. The molecule has 4 aromatic rings. The lowest BCUT2D eigenvalue weighted by molar-refractivity contribution is -0.135. The summed E-state index contributed by atoms with van der Waals surface area (Å²) < 4.78 is 0. The molecule has 1 saturated heterocycles. The van der Waals surface area contributed by atoms with E-state index < -0.39 is 6.04 Å². The minimum Gasteiger partial charge on any atom is -0.361 e. The predicted octanol–water partition coefficient (Wildman–Crippen LogP) is 4.42.